The zero-order chi connectivity index (χ0) is 11.7. The maximum atomic E-state index is 9.99. The van der Waals surface area contributed by atoms with Crippen LogP contribution >= 0.6 is 27.3 Å². The van der Waals surface area contributed by atoms with Gasteiger partial charge in [0.25, 0.3) is 0 Å². The van der Waals surface area contributed by atoms with Gasteiger partial charge in [0.2, 0.25) is 0 Å². The van der Waals surface area contributed by atoms with E-state index >= 15 is 0 Å². The van der Waals surface area contributed by atoms with Crippen molar-refractivity contribution in [2.24, 2.45) is 0 Å². The molecule has 0 radical (unpaired) electrons. The summed E-state index contributed by atoms with van der Waals surface area (Å²) < 4.78 is 6.01. The minimum absolute atomic E-state index is 0.492. The topological polar surface area (TPSA) is 46.3 Å². The van der Waals surface area contributed by atoms with Crippen LogP contribution in [0.15, 0.2) is 21.2 Å². The molecule has 0 fully saturated rings. The summed E-state index contributed by atoms with van der Waals surface area (Å²) in [4.78, 5) is 5.59. The highest BCUT2D eigenvalue weighted by Crippen LogP contribution is 2.28. The Morgan fingerprint density at radius 2 is 2.31 bits per heavy atom. The van der Waals surface area contributed by atoms with Gasteiger partial charge in [0, 0.05) is 11.3 Å². The summed E-state index contributed by atoms with van der Waals surface area (Å²) in [6.07, 6.45) is 1.40. The average molecular weight is 302 g/mol. The van der Waals surface area contributed by atoms with Gasteiger partial charge in [-0.3, -0.25) is 0 Å². The molecule has 2 aromatic rings. The monoisotopic (exact) mass is 301 g/mol. The Bertz CT molecular complexity index is 472. The number of aliphatic hydroxyl groups excluding tert-OH is 1. The van der Waals surface area contributed by atoms with E-state index in [1.54, 1.807) is 23.7 Å². The summed E-state index contributed by atoms with van der Waals surface area (Å²) in [6, 6.07) is 1.77. The van der Waals surface area contributed by atoms with Gasteiger partial charge in [0.1, 0.15) is 11.9 Å². The van der Waals surface area contributed by atoms with Gasteiger partial charge < -0.3 is 9.52 Å². The number of furan rings is 1. The number of halogens is 1. The maximum Gasteiger partial charge on any atom is 0.146 e. The lowest BCUT2D eigenvalue weighted by molar-refractivity contribution is 0.149. The molecule has 5 heteroatoms. The molecule has 0 saturated carbocycles. The van der Waals surface area contributed by atoms with Gasteiger partial charge in [0.05, 0.1) is 21.4 Å². The second kappa shape index (κ2) is 4.69. The van der Waals surface area contributed by atoms with Crippen LogP contribution in [0.25, 0.3) is 0 Å². The van der Waals surface area contributed by atoms with E-state index < -0.39 is 6.10 Å². The molecule has 2 rings (SSSR count). The van der Waals surface area contributed by atoms with Crippen molar-refractivity contribution in [1.29, 1.82) is 0 Å². The maximum absolute atomic E-state index is 9.99. The number of thiazole rings is 1. The van der Waals surface area contributed by atoms with Crippen LogP contribution in [-0.4, -0.2) is 10.1 Å². The molecule has 0 aliphatic heterocycles. The van der Waals surface area contributed by atoms with E-state index in [-0.39, 0.29) is 0 Å². The van der Waals surface area contributed by atoms with E-state index in [0.717, 1.165) is 15.2 Å². The molecule has 16 heavy (non-hydrogen) atoms. The first kappa shape index (κ1) is 11.8. The molecule has 86 valence electrons. The van der Waals surface area contributed by atoms with Crippen LogP contribution in [-0.2, 0) is 6.42 Å². The molecule has 1 N–H and O–H groups in total. The Kier molecular flexibility index (Phi) is 3.47. The lowest BCUT2D eigenvalue weighted by Gasteiger charge is -2.05. The summed E-state index contributed by atoms with van der Waals surface area (Å²) in [5.74, 6) is 0.561. The fourth-order valence-electron chi connectivity index (χ4n) is 1.43. The van der Waals surface area contributed by atoms with Crippen LogP contribution in [0, 0.1) is 13.8 Å². The summed E-state index contributed by atoms with van der Waals surface area (Å²) in [6.45, 7) is 4.01. The third kappa shape index (κ3) is 2.36. The molecule has 1 unspecified atom stereocenters. The second-order valence-electron chi connectivity index (χ2n) is 3.60. The van der Waals surface area contributed by atoms with Crippen LogP contribution in [0.3, 0.4) is 0 Å². The van der Waals surface area contributed by atoms with E-state index in [4.69, 9.17) is 4.42 Å². The number of hydrogen-bond donors (Lipinski definition) is 1. The van der Waals surface area contributed by atoms with Crippen molar-refractivity contribution in [1.82, 2.24) is 4.98 Å². The van der Waals surface area contributed by atoms with Crippen molar-refractivity contribution in [3.05, 3.63) is 38.1 Å². The molecule has 0 amide bonds. The first-order valence-corrected chi connectivity index (χ1v) is 6.52. The molecule has 1 atom stereocenters. The summed E-state index contributed by atoms with van der Waals surface area (Å²) in [7, 11) is 0. The number of aliphatic hydroxyl groups is 1. The van der Waals surface area contributed by atoms with Crippen LogP contribution in [0.5, 0.6) is 0 Å². The molecule has 0 spiro atoms. The highest BCUT2D eigenvalue weighted by molar-refractivity contribution is 9.10. The van der Waals surface area contributed by atoms with Crippen molar-refractivity contribution < 1.29 is 9.52 Å². The summed E-state index contributed by atoms with van der Waals surface area (Å²) in [5.41, 5.74) is 1.03. The average Bonchev–Trinajstić information content (AvgIpc) is 2.74. The first-order valence-electron chi connectivity index (χ1n) is 4.91. The molecule has 0 saturated heterocycles. The van der Waals surface area contributed by atoms with Crippen molar-refractivity contribution >= 4 is 27.3 Å². The van der Waals surface area contributed by atoms with E-state index in [0.29, 0.717) is 12.2 Å². The quantitative estimate of drug-likeness (QED) is 0.945. The Hall–Kier alpha value is -0.650. The van der Waals surface area contributed by atoms with Gasteiger partial charge >= 0.3 is 0 Å². The molecule has 2 heterocycles. The molecule has 0 aliphatic carbocycles. The largest absolute Gasteiger partial charge is 0.465 e. The van der Waals surface area contributed by atoms with Gasteiger partial charge in [0.15, 0.2) is 0 Å². The molecule has 0 bridgehead atoms. The number of nitrogens with zero attached hydrogens (tertiary/aromatic N) is 1. The highest BCUT2D eigenvalue weighted by Gasteiger charge is 2.17. The van der Waals surface area contributed by atoms with Crippen LogP contribution in [0.1, 0.15) is 27.4 Å². The van der Waals surface area contributed by atoms with Gasteiger partial charge in [-0.05, 0) is 35.8 Å². The van der Waals surface area contributed by atoms with E-state index in [2.05, 4.69) is 20.9 Å². The SMILES string of the molecule is Cc1nc(CC(O)c2occc2Br)sc1C. The van der Waals surface area contributed by atoms with Crippen molar-refractivity contribution in [2.75, 3.05) is 0 Å². The fraction of sp³-hybridized carbons (Fsp3) is 0.364. The third-order valence-electron chi connectivity index (χ3n) is 2.39. The Morgan fingerprint density at radius 1 is 1.56 bits per heavy atom. The molecule has 3 nitrogen and oxygen atoms in total. The number of hydrogen-bond acceptors (Lipinski definition) is 4. The zero-order valence-corrected chi connectivity index (χ0v) is 11.4. The predicted octanol–water partition coefficient (Wildman–Crippen LogP) is 3.39. The Labute approximate surface area is 106 Å². The van der Waals surface area contributed by atoms with Crippen molar-refractivity contribution in [3.63, 3.8) is 0 Å². The lowest BCUT2D eigenvalue weighted by atomic mass is 10.2. The standard InChI is InChI=1S/C11H12BrNO2S/c1-6-7(2)16-10(13-6)5-9(14)11-8(12)3-4-15-11/h3-4,9,14H,5H2,1-2H3. The molecular formula is C11H12BrNO2S. The minimum Gasteiger partial charge on any atom is -0.465 e. The normalized spacial score (nSPS) is 13.0. The molecule has 2 aromatic heterocycles. The lowest BCUT2D eigenvalue weighted by Crippen LogP contribution is -2.00. The summed E-state index contributed by atoms with van der Waals surface area (Å²) in [5, 5.41) is 10.9. The Balaban J connectivity index is 2.13. The van der Waals surface area contributed by atoms with Crippen LogP contribution < -0.4 is 0 Å². The number of rotatable bonds is 3. The molecule has 0 aliphatic rings. The smallest absolute Gasteiger partial charge is 0.146 e. The summed E-state index contributed by atoms with van der Waals surface area (Å²) >= 11 is 4.95. The third-order valence-corrected chi connectivity index (χ3v) is 4.14. The van der Waals surface area contributed by atoms with Crippen LogP contribution in [0.2, 0.25) is 0 Å². The van der Waals surface area contributed by atoms with Gasteiger partial charge in [-0.1, -0.05) is 0 Å². The van der Waals surface area contributed by atoms with Crippen molar-refractivity contribution in [2.45, 2.75) is 26.4 Å². The van der Waals surface area contributed by atoms with E-state index in [1.165, 1.54) is 4.88 Å². The van der Waals surface area contributed by atoms with Gasteiger partial charge in [-0.15, -0.1) is 11.3 Å². The minimum atomic E-state index is -0.644. The highest BCUT2D eigenvalue weighted by atomic mass is 79.9. The van der Waals surface area contributed by atoms with Crippen molar-refractivity contribution in [3.8, 4) is 0 Å². The number of aromatic nitrogens is 1. The number of aryl methyl sites for hydroxylation is 2. The molecular weight excluding hydrogens is 290 g/mol. The Morgan fingerprint density at radius 3 is 2.81 bits per heavy atom. The van der Waals surface area contributed by atoms with E-state index in [1.807, 2.05) is 13.8 Å². The van der Waals surface area contributed by atoms with Gasteiger partial charge in [-0.2, -0.15) is 0 Å². The molecule has 0 aromatic carbocycles. The van der Waals surface area contributed by atoms with Crippen LogP contribution in [0.4, 0.5) is 0 Å². The predicted molar refractivity (Wildman–Crippen MR) is 66.7 cm³/mol. The fourth-order valence-corrected chi connectivity index (χ4v) is 2.86. The zero-order valence-electron chi connectivity index (χ0n) is 9.03. The second-order valence-corrected chi connectivity index (χ2v) is 5.74. The first-order chi connectivity index (χ1) is 7.58. The van der Waals surface area contributed by atoms with Gasteiger partial charge in [-0.25, -0.2) is 4.98 Å². The van der Waals surface area contributed by atoms with E-state index in [9.17, 15) is 5.11 Å².